The molecule has 0 bridgehead atoms. The van der Waals surface area contributed by atoms with Gasteiger partial charge in [-0.3, -0.25) is 10.2 Å². The third kappa shape index (κ3) is 2.47. The molecule has 0 atom stereocenters. The van der Waals surface area contributed by atoms with E-state index in [4.69, 9.17) is 11.6 Å². The minimum absolute atomic E-state index is 0.726. The molecule has 0 spiro atoms. The number of anilines is 1. The fraction of sp³-hybridized carbons (Fsp3) is 0.158. The summed E-state index contributed by atoms with van der Waals surface area (Å²) < 4.78 is 0. The Morgan fingerprint density at radius 3 is 2.70 bits per heavy atom. The smallest absolute Gasteiger partial charge is 0.127 e. The first-order valence-electron chi connectivity index (χ1n) is 7.70. The first kappa shape index (κ1) is 14.2. The summed E-state index contributed by atoms with van der Waals surface area (Å²) in [5.41, 5.74) is 5.86. The van der Waals surface area contributed by atoms with Gasteiger partial charge in [-0.2, -0.15) is 0 Å². The lowest BCUT2D eigenvalue weighted by molar-refractivity contribution is 1.06. The number of hydrogen-bond acceptors (Lipinski definition) is 1. The predicted molar refractivity (Wildman–Crippen MR) is 97.5 cm³/mol. The van der Waals surface area contributed by atoms with Gasteiger partial charge in [-0.15, -0.1) is 0 Å². The summed E-state index contributed by atoms with van der Waals surface area (Å²) in [6, 6.07) is 14.9. The molecule has 1 aliphatic heterocycles. The third-order valence-electron chi connectivity index (χ3n) is 4.33. The largest absolute Gasteiger partial charge is 0.366 e. The highest BCUT2D eigenvalue weighted by Gasteiger charge is 2.16. The summed E-state index contributed by atoms with van der Waals surface area (Å²) in [6.07, 6.45) is 0. The van der Waals surface area contributed by atoms with Crippen molar-refractivity contribution >= 4 is 28.2 Å². The molecule has 1 aliphatic carbocycles. The van der Waals surface area contributed by atoms with Crippen LogP contribution in [0.1, 0.15) is 16.7 Å². The number of benzene rings is 2. The fourth-order valence-electron chi connectivity index (χ4n) is 2.99. The molecule has 4 heteroatoms. The molecule has 3 nitrogen and oxygen atoms in total. The van der Waals surface area contributed by atoms with E-state index in [1.165, 1.54) is 21.9 Å². The van der Waals surface area contributed by atoms with Gasteiger partial charge in [0.1, 0.15) is 5.82 Å². The fourth-order valence-corrected chi connectivity index (χ4v) is 3.19. The van der Waals surface area contributed by atoms with E-state index in [0.717, 1.165) is 34.2 Å². The standard InChI is InChI=1S/C19H18ClN3/c1-11-3-6-14-9-16-18(15(14)7-11)22-23-19(16)21-10-13-5-4-12(2)17(20)8-13/h3-9,21-23H,10H2,1-2H3. The molecular weight excluding hydrogens is 306 g/mol. The average molecular weight is 324 g/mol. The first-order chi connectivity index (χ1) is 11.1. The van der Waals surface area contributed by atoms with Crippen LogP contribution in [0, 0.1) is 13.8 Å². The number of nitrogens with one attached hydrogen (secondary N) is 3. The monoisotopic (exact) mass is 323 g/mol. The van der Waals surface area contributed by atoms with Gasteiger partial charge >= 0.3 is 0 Å². The molecule has 2 aromatic carbocycles. The Kier molecular flexibility index (Phi) is 3.31. The molecule has 2 aromatic rings. The van der Waals surface area contributed by atoms with Gasteiger partial charge in [0.15, 0.2) is 0 Å². The molecule has 2 aliphatic rings. The van der Waals surface area contributed by atoms with Crippen molar-refractivity contribution in [3.05, 3.63) is 64.2 Å². The molecular formula is C19H18ClN3. The number of aromatic amines is 2. The normalized spacial score (nSPS) is 11.4. The molecule has 0 saturated heterocycles. The molecule has 0 unspecified atom stereocenters. The molecule has 23 heavy (non-hydrogen) atoms. The summed E-state index contributed by atoms with van der Waals surface area (Å²) in [4.78, 5) is 0. The summed E-state index contributed by atoms with van der Waals surface area (Å²) in [6.45, 7) is 4.86. The molecule has 0 amide bonds. The van der Waals surface area contributed by atoms with Gasteiger partial charge < -0.3 is 5.32 Å². The van der Waals surface area contributed by atoms with Crippen molar-refractivity contribution in [2.75, 3.05) is 5.32 Å². The van der Waals surface area contributed by atoms with Crippen molar-refractivity contribution in [3.63, 3.8) is 0 Å². The lowest BCUT2D eigenvalue weighted by Gasteiger charge is -2.06. The zero-order valence-corrected chi connectivity index (χ0v) is 13.9. The van der Waals surface area contributed by atoms with E-state index in [1.54, 1.807) is 0 Å². The average Bonchev–Trinajstić information content (AvgIpc) is 3.08. The zero-order valence-electron chi connectivity index (χ0n) is 13.1. The number of H-pyrrole nitrogens is 2. The number of rotatable bonds is 3. The van der Waals surface area contributed by atoms with Crippen LogP contribution in [0.15, 0.2) is 42.5 Å². The second kappa shape index (κ2) is 5.36. The van der Waals surface area contributed by atoms with E-state index >= 15 is 0 Å². The number of halogens is 1. The Morgan fingerprint density at radius 1 is 1.00 bits per heavy atom. The third-order valence-corrected chi connectivity index (χ3v) is 4.74. The molecule has 4 rings (SSSR count). The number of fused-ring (bicyclic) bond motifs is 3. The molecule has 0 saturated carbocycles. The number of aryl methyl sites for hydroxylation is 2. The SMILES string of the molecule is Cc1ccc2cc3c(NCc4ccc(C)c(Cl)c4)[nH][nH]c-3c2c1. The molecule has 116 valence electrons. The summed E-state index contributed by atoms with van der Waals surface area (Å²) in [7, 11) is 0. The van der Waals surface area contributed by atoms with Crippen LogP contribution < -0.4 is 5.32 Å². The van der Waals surface area contributed by atoms with E-state index < -0.39 is 0 Å². The molecule has 0 aromatic heterocycles. The second-order valence-corrected chi connectivity index (χ2v) is 6.49. The van der Waals surface area contributed by atoms with Gasteiger partial charge in [-0.25, -0.2) is 0 Å². The van der Waals surface area contributed by atoms with Gasteiger partial charge in [0.2, 0.25) is 0 Å². The van der Waals surface area contributed by atoms with E-state index in [2.05, 4.69) is 58.8 Å². The molecule has 0 fully saturated rings. The van der Waals surface area contributed by atoms with Crippen LogP contribution in [0.3, 0.4) is 0 Å². The topological polar surface area (TPSA) is 43.6 Å². The van der Waals surface area contributed by atoms with E-state index in [0.29, 0.717) is 0 Å². The van der Waals surface area contributed by atoms with Crippen LogP contribution in [0.25, 0.3) is 22.0 Å². The van der Waals surface area contributed by atoms with Crippen LogP contribution in [-0.2, 0) is 6.54 Å². The lowest BCUT2D eigenvalue weighted by Crippen LogP contribution is -2.00. The lowest BCUT2D eigenvalue weighted by atomic mass is 10.1. The van der Waals surface area contributed by atoms with Gasteiger partial charge in [-0.1, -0.05) is 41.4 Å². The highest BCUT2D eigenvalue weighted by Crippen LogP contribution is 2.37. The summed E-state index contributed by atoms with van der Waals surface area (Å²) in [5, 5.41) is 13.3. The van der Waals surface area contributed by atoms with Gasteiger partial charge in [0.25, 0.3) is 0 Å². The molecule has 0 radical (unpaired) electrons. The van der Waals surface area contributed by atoms with Crippen molar-refractivity contribution in [2.24, 2.45) is 0 Å². The maximum atomic E-state index is 6.20. The van der Waals surface area contributed by atoms with E-state index in [9.17, 15) is 0 Å². The van der Waals surface area contributed by atoms with E-state index in [-0.39, 0.29) is 0 Å². The Balaban J connectivity index is 1.62. The summed E-state index contributed by atoms with van der Waals surface area (Å²) in [5.74, 6) is 1.01. The maximum absolute atomic E-state index is 6.20. The van der Waals surface area contributed by atoms with Crippen LogP contribution >= 0.6 is 11.6 Å². The Labute approximate surface area is 140 Å². The minimum atomic E-state index is 0.726. The van der Waals surface area contributed by atoms with Crippen LogP contribution in [0.5, 0.6) is 0 Å². The zero-order chi connectivity index (χ0) is 16.0. The second-order valence-electron chi connectivity index (χ2n) is 6.09. The highest BCUT2D eigenvalue weighted by molar-refractivity contribution is 6.31. The molecule has 3 N–H and O–H groups in total. The number of hydrogen-bond donors (Lipinski definition) is 3. The van der Waals surface area contributed by atoms with E-state index in [1.807, 2.05) is 13.0 Å². The van der Waals surface area contributed by atoms with Crippen LogP contribution in [0.4, 0.5) is 5.82 Å². The highest BCUT2D eigenvalue weighted by atomic mass is 35.5. The Bertz CT molecular complexity index is 964. The van der Waals surface area contributed by atoms with Crippen molar-refractivity contribution in [3.8, 4) is 11.3 Å². The van der Waals surface area contributed by atoms with Gasteiger partial charge in [0.05, 0.1) is 5.69 Å². The minimum Gasteiger partial charge on any atom is -0.366 e. The first-order valence-corrected chi connectivity index (χ1v) is 8.08. The van der Waals surface area contributed by atoms with Crippen LogP contribution in [0.2, 0.25) is 5.02 Å². The molecule has 1 heterocycles. The predicted octanol–water partition coefficient (Wildman–Crippen LogP) is 5.48. The quantitative estimate of drug-likeness (QED) is 0.459. The Hall–Kier alpha value is -2.39. The van der Waals surface area contributed by atoms with Crippen molar-refractivity contribution in [1.29, 1.82) is 0 Å². The number of aromatic nitrogens is 2. The van der Waals surface area contributed by atoms with Gasteiger partial charge in [-0.05, 0) is 48.6 Å². The van der Waals surface area contributed by atoms with Crippen molar-refractivity contribution < 1.29 is 0 Å². The van der Waals surface area contributed by atoms with Crippen LogP contribution in [-0.4, -0.2) is 10.2 Å². The van der Waals surface area contributed by atoms with Gasteiger partial charge in [0, 0.05) is 22.5 Å². The summed E-state index contributed by atoms with van der Waals surface area (Å²) >= 11 is 6.20. The maximum Gasteiger partial charge on any atom is 0.127 e. The van der Waals surface area contributed by atoms with Crippen molar-refractivity contribution in [1.82, 2.24) is 10.2 Å². The van der Waals surface area contributed by atoms with Crippen molar-refractivity contribution in [2.45, 2.75) is 20.4 Å². The Morgan fingerprint density at radius 2 is 1.87 bits per heavy atom.